The summed E-state index contributed by atoms with van der Waals surface area (Å²) in [6, 6.07) is 26.5. The van der Waals surface area contributed by atoms with E-state index in [1.807, 2.05) is 67.5 Å². The second-order valence-electron chi connectivity index (χ2n) is 9.64. The zero-order valence-corrected chi connectivity index (χ0v) is 23.8. The molecule has 0 atom stereocenters. The van der Waals surface area contributed by atoms with Crippen LogP contribution in [0.25, 0.3) is 33.5 Å². The maximum Gasteiger partial charge on any atom is 0.282 e. The van der Waals surface area contributed by atoms with E-state index in [1.54, 1.807) is 36.5 Å². The Balaban J connectivity index is 1.45. The number of ether oxygens (including phenoxy) is 1. The molecule has 0 bridgehead atoms. The summed E-state index contributed by atoms with van der Waals surface area (Å²) in [4.78, 5) is 20.4. The summed E-state index contributed by atoms with van der Waals surface area (Å²) in [7, 11) is 3.86. The SMILES string of the molecule is CN(C)c1ccc(C=Nn2c(-c3cc4cc(Br)ccc4o3)nc3ccccc3c2=O)c(OCc2cccc(F)c2)c1. The zero-order chi connectivity index (χ0) is 28.5. The highest BCUT2D eigenvalue weighted by Crippen LogP contribution is 2.30. The number of hydrogen-bond donors (Lipinski definition) is 0. The van der Waals surface area contributed by atoms with Crippen LogP contribution in [0.1, 0.15) is 11.1 Å². The minimum atomic E-state index is -0.337. The number of para-hydroxylation sites is 1. The Bertz CT molecular complexity index is 2000. The van der Waals surface area contributed by atoms with Gasteiger partial charge >= 0.3 is 0 Å². The van der Waals surface area contributed by atoms with E-state index in [-0.39, 0.29) is 23.8 Å². The quantitative estimate of drug-likeness (QED) is 0.178. The Morgan fingerprint density at radius 2 is 1.88 bits per heavy atom. The molecule has 4 aromatic carbocycles. The smallest absolute Gasteiger partial charge is 0.282 e. The number of benzene rings is 4. The van der Waals surface area contributed by atoms with E-state index >= 15 is 0 Å². The van der Waals surface area contributed by atoms with Crippen LogP contribution < -0.4 is 15.2 Å². The highest BCUT2D eigenvalue weighted by molar-refractivity contribution is 9.10. The molecule has 0 saturated heterocycles. The maximum absolute atomic E-state index is 13.7. The van der Waals surface area contributed by atoms with Crippen LogP contribution in [-0.4, -0.2) is 30.0 Å². The second-order valence-corrected chi connectivity index (χ2v) is 10.6. The highest BCUT2D eigenvalue weighted by Gasteiger charge is 2.17. The van der Waals surface area contributed by atoms with Crippen molar-refractivity contribution in [1.29, 1.82) is 0 Å². The van der Waals surface area contributed by atoms with Crippen molar-refractivity contribution >= 4 is 49.7 Å². The predicted molar refractivity (Wildman–Crippen MR) is 163 cm³/mol. The lowest BCUT2D eigenvalue weighted by Gasteiger charge is -2.16. The zero-order valence-electron chi connectivity index (χ0n) is 22.2. The van der Waals surface area contributed by atoms with Crippen LogP contribution in [0.2, 0.25) is 0 Å². The van der Waals surface area contributed by atoms with E-state index < -0.39 is 0 Å². The van der Waals surface area contributed by atoms with Crippen LogP contribution in [0.3, 0.4) is 0 Å². The molecule has 9 heteroatoms. The van der Waals surface area contributed by atoms with Crippen LogP contribution >= 0.6 is 15.9 Å². The van der Waals surface area contributed by atoms with Crippen molar-refractivity contribution < 1.29 is 13.5 Å². The molecule has 0 fully saturated rings. The van der Waals surface area contributed by atoms with E-state index in [2.05, 4.69) is 21.0 Å². The Labute approximate surface area is 243 Å². The summed E-state index contributed by atoms with van der Waals surface area (Å²) in [5.74, 6) is 0.873. The molecule has 0 unspecified atom stereocenters. The van der Waals surface area contributed by atoms with Gasteiger partial charge in [-0.2, -0.15) is 9.78 Å². The third kappa shape index (κ3) is 5.49. The third-order valence-corrected chi connectivity index (χ3v) is 7.05. The molecule has 0 saturated carbocycles. The molecule has 0 spiro atoms. The number of nitrogens with zero attached hydrogens (tertiary/aromatic N) is 4. The number of halogens is 2. The molecule has 0 N–H and O–H groups in total. The first-order valence-electron chi connectivity index (χ1n) is 12.8. The van der Waals surface area contributed by atoms with Gasteiger partial charge in [0.15, 0.2) is 5.76 Å². The number of anilines is 1. The Morgan fingerprint density at radius 1 is 1.02 bits per heavy atom. The summed E-state index contributed by atoms with van der Waals surface area (Å²) in [5, 5.41) is 5.88. The molecule has 6 rings (SSSR count). The van der Waals surface area contributed by atoms with Gasteiger partial charge in [0.2, 0.25) is 5.82 Å². The molecular formula is C32H24BrFN4O3. The number of rotatable bonds is 7. The first-order chi connectivity index (χ1) is 19.9. The molecule has 6 aromatic rings. The van der Waals surface area contributed by atoms with Crippen molar-refractivity contribution in [2.24, 2.45) is 5.10 Å². The van der Waals surface area contributed by atoms with E-state index in [1.165, 1.54) is 16.8 Å². The molecule has 2 heterocycles. The van der Waals surface area contributed by atoms with Gasteiger partial charge in [-0.3, -0.25) is 4.79 Å². The lowest BCUT2D eigenvalue weighted by atomic mass is 10.2. The molecule has 0 aliphatic rings. The van der Waals surface area contributed by atoms with Crippen LogP contribution in [0, 0.1) is 5.82 Å². The van der Waals surface area contributed by atoms with Gasteiger partial charge in [-0.05, 0) is 66.2 Å². The first-order valence-corrected chi connectivity index (χ1v) is 13.6. The van der Waals surface area contributed by atoms with Gasteiger partial charge in [0.25, 0.3) is 5.56 Å². The first kappa shape index (κ1) is 26.5. The number of aromatic nitrogens is 2. The van der Waals surface area contributed by atoms with Crippen molar-refractivity contribution in [2.45, 2.75) is 6.61 Å². The van der Waals surface area contributed by atoms with Crippen molar-refractivity contribution in [3.05, 3.63) is 123 Å². The molecule has 0 amide bonds. The van der Waals surface area contributed by atoms with Gasteiger partial charge < -0.3 is 14.1 Å². The van der Waals surface area contributed by atoms with Crippen LogP contribution in [-0.2, 0) is 6.61 Å². The van der Waals surface area contributed by atoms with Crippen molar-refractivity contribution in [1.82, 2.24) is 9.66 Å². The van der Waals surface area contributed by atoms with Gasteiger partial charge in [0, 0.05) is 41.3 Å². The summed E-state index contributed by atoms with van der Waals surface area (Å²) in [5.41, 5.74) is 3.10. The summed E-state index contributed by atoms with van der Waals surface area (Å²) >= 11 is 3.49. The van der Waals surface area contributed by atoms with Crippen molar-refractivity contribution in [3.8, 4) is 17.3 Å². The molecule has 7 nitrogen and oxygen atoms in total. The molecule has 2 aromatic heterocycles. The average Bonchev–Trinajstić information content (AvgIpc) is 3.39. The van der Waals surface area contributed by atoms with E-state index in [4.69, 9.17) is 14.1 Å². The van der Waals surface area contributed by atoms with Crippen LogP contribution in [0.4, 0.5) is 10.1 Å². The van der Waals surface area contributed by atoms with E-state index in [0.29, 0.717) is 39.1 Å². The normalized spacial score (nSPS) is 11.5. The van der Waals surface area contributed by atoms with Gasteiger partial charge in [0.05, 0.1) is 17.1 Å². The maximum atomic E-state index is 13.7. The topological polar surface area (TPSA) is 72.9 Å². The molecule has 204 valence electrons. The predicted octanol–water partition coefficient (Wildman–Crippen LogP) is 7.24. The molecule has 0 aliphatic heterocycles. The molecule has 0 aliphatic carbocycles. The van der Waals surface area contributed by atoms with Crippen LogP contribution in [0.15, 0.2) is 110 Å². The van der Waals surface area contributed by atoms with Crippen LogP contribution in [0.5, 0.6) is 5.75 Å². The second kappa shape index (κ2) is 11.0. The average molecular weight is 611 g/mol. The minimum absolute atomic E-state index is 0.159. The van der Waals surface area contributed by atoms with Gasteiger partial charge in [-0.1, -0.05) is 40.2 Å². The molecular weight excluding hydrogens is 587 g/mol. The number of hydrogen-bond acceptors (Lipinski definition) is 6. The lowest BCUT2D eigenvalue weighted by molar-refractivity contribution is 0.305. The fraction of sp³-hybridized carbons (Fsp3) is 0.0938. The van der Waals surface area contributed by atoms with Gasteiger partial charge in [-0.15, -0.1) is 0 Å². The largest absolute Gasteiger partial charge is 0.488 e. The van der Waals surface area contributed by atoms with Crippen molar-refractivity contribution in [2.75, 3.05) is 19.0 Å². The lowest BCUT2D eigenvalue weighted by Crippen LogP contribution is -2.20. The summed E-state index contributed by atoms with van der Waals surface area (Å²) < 4.78 is 28.1. The number of furan rings is 1. The van der Waals surface area contributed by atoms with Crippen molar-refractivity contribution in [3.63, 3.8) is 0 Å². The van der Waals surface area contributed by atoms with Gasteiger partial charge in [-0.25, -0.2) is 9.37 Å². The fourth-order valence-electron chi connectivity index (χ4n) is 4.46. The monoisotopic (exact) mass is 610 g/mol. The molecule has 0 radical (unpaired) electrons. The van der Waals surface area contributed by atoms with Gasteiger partial charge in [0.1, 0.15) is 23.8 Å². The molecule has 41 heavy (non-hydrogen) atoms. The Hall–Kier alpha value is -4.76. The minimum Gasteiger partial charge on any atom is -0.488 e. The standard InChI is InChI=1S/C32H24BrFN4O3/c1-37(2)25-12-10-21(29(17-25)40-19-20-6-5-7-24(34)14-20)18-35-38-31(36-27-9-4-3-8-26(27)32(38)39)30-16-22-15-23(33)11-13-28(22)41-30/h3-18H,19H2,1-2H3. The third-order valence-electron chi connectivity index (χ3n) is 6.56. The fourth-order valence-corrected chi connectivity index (χ4v) is 4.83. The summed E-state index contributed by atoms with van der Waals surface area (Å²) in [6.45, 7) is 0.159. The summed E-state index contributed by atoms with van der Waals surface area (Å²) in [6.07, 6.45) is 1.56. The van der Waals surface area contributed by atoms with E-state index in [9.17, 15) is 9.18 Å². The highest BCUT2D eigenvalue weighted by atomic mass is 79.9. The Kier molecular flexibility index (Phi) is 7.11. The van der Waals surface area contributed by atoms with E-state index in [0.717, 1.165) is 15.5 Å². The Morgan fingerprint density at radius 3 is 2.71 bits per heavy atom. The number of fused-ring (bicyclic) bond motifs is 2.